The number of rotatable bonds is 5. The van der Waals surface area contributed by atoms with Crippen molar-refractivity contribution in [2.24, 2.45) is 5.92 Å². The second kappa shape index (κ2) is 11.5. The number of carbonyl (C=O) groups excluding carboxylic acids is 1. The molecule has 0 bridgehead atoms. The number of ether oxygens (including phenoxy) is 2. The lowest BCUT2D eigenvalue weighted by atomic mass is 10.1. The van der Waals surface area contributed by atoms with E-state index in [1.807, 2.05) is 20.8 Å². The predicted molar refractivity (Wildman–Crippen MR) is 59.6 cm³/mol. The van der Waals surface area contributed by atoms with Gasteiger partial charge in [0.15, 0.2) is 0 Å². The molecule has 2 unspecified atom stereocenters. The smallest absolute Gasteiger partial charge is 0.308 e. The lowest BCUT2D eigenvalue weighted by Crippen LogP contribution is -2.11. The van der Waals surface area contributed by atoms with Crippen LogP contribution < -0.4 is 0 Å². The second-order valence-corrected chi connectivity index (χ2v) is 3.35. The van der Waals surface area contributed by atoms with Gasteiger partial charge in [0.25, 0.3) is 0 Å². The molecule has 0 aliphatic carbocycles. The normalized spacial score (nSPS) is 13.5. The fourth-order valence-corrected chi connectivity index (χ4v) is 0.678. The lowest BCUT2D eigenvalue weighted by molar-refractivity contribution is -0.144. The first-order valence-corrected chi connectivity index (χ1v) is 5.28. The third kappa shape index (κ3) is 11.3. The minimum atomic E-state index is -0.273. The van der Waals surface area contributed by atoms with Crippen LogP contribution in [-0.2, 0) is 14.3 Å². The van der Waals surface area contributed by atoms with E-state index in [2.05, 4.69) is 9.47 Å². The Labute approximate surface area is 92.6 Å². The molecule has 0 fully saturated rings. The van der Waals surface area contributed by atoms with Gasteiger partial charge in [-0.05, 0) is 12.8 Å². The van der Waals surface area contributed by atoms with E-state index in [0.29, 0.717) is 6.61 Å². The Morgan fingerprint density at radius 1 is 1.27 bits per heavy atom. The molecule has 2 atom stereocenters. The number of hydrogen-bond donors (Lipinski definition) is 1. The standard InChI is InChI=1S/C6H12O2.C5H12O2/c1-4-5(2)6(7)8-3;1-3-5(6)4-7-2/h5H,4H2,1-3H3;5-6H,3-4H2,1-2H3. The third-order valence-corrected chi connectivity index (χ3v) is 2.05. The highest BCUT2D eigenvalue weighted by Crippen LogP contribution is 2.00. The zero-order valence-electron chi connectivity index (χ0n) is 10.4. The van der Waals surface area contributed by atoms with Gasteiger partial charge < -0.3 is 14.6 Å². The Bertz CT molecular complexity index is 148. The van der Waals surface area contributed by atoms with Gasteiger partial charge >= 0.3 is 5.97 Å². The Hall–Kier alpha value is -0.610. The van der Waals surface area contributed by atoms with Gasteiger partial charge in [-0.1, -0.05) is 20.8 Å². The van der Waals surface area contributed by atoms with Gasteiger partial charge in [-0.15, -0.1) is 0 Å². The molecule has 0 saturated carbocycles. The highest BCUT2D eigenvalue weighted by Gasteiger charge is 2.08. The van der Waals surface area contributed by atoms with Gasteiger partial charge in [0.1, 0.15) is 0 Å². The van der Waals surface area contributed by atoms with Crippen molar-refractivity contribution in [1.29, 1.82) is 0 Å². The first-order valence-electron chi connectivity index (χ1n) is 5.28. The molecule has 0 amide bonds. The summed E-state index contributed by atoms with van der Waals surface area (Å²) in [6, 6.07) is 0. The number of esters is 1. The lowest BCUT2D eigenvalue weighted by Gasteiger charge is -2.02. The maximum Gasteiger partial charge on any atom is 0.308 e. The number of methoxy groups -OCH3 is 2. The van der Waals surface area contributed by atoms with Crippen molar-refractivity contribution in [3.63, 3.8) is 0 Å². The third-order valence-electron chi connectivity index (χ3n) is 2.05. The van der Waals surface area contributed by atoms with Gasteiger partial charge in [0.05, 0.1) is 25.7 Å². The summed E-state index contributed by atoms with van der Waals surface area (Å²) in [6.45, 7) is 6.19. The maximum atomic E-state index is 10.5. The van der Waals surface area contributed by atoms with E-state index >= 15 is 0 Å². The molecule has 4 heteroatoms. The minimum Gasteiger partial charge on any atom is -0.469 e. The van der Waals surface area contributed by atoms with Crippen molar-refractivity contribution in [3.05, 3.63) is 0 Å². The van der Waals surface area contributed by atoms with Crippen LogP contribution in [0.5, 0.6) is 0 Å². The quantitative estimate of drug-likeness (QED) is 0.715. The van der Waals surface area contributed by atoms with Crippen molar-refractivity contribution in [3.8, 4) is 0 Å². The maximum absolute atomic E-state index is 10.5. The molecule has 0 aliphatic rings. The van der Waals surface area contributed by atoms with Crippen LogP contribution in [0.3, 0.4) is 0 Å². The molecule has 0 radical (unpaired) electrons. The zero-order valence-corrected chi connectivity index (χ0v) is 10.4. The second-order valence-electron chi connectivity index (χ2n) is 3.35. The van der Waals surface area contributed by atoms with Crippen LogP contribution in [-0.4, -0.2) is 38.0 Å². The Morgan fingerprint density at radius 2 is 1.80 bits per heavy atom. The summed E-state index contributed by atoms with van der Waals surface area (Å²) in [4.78, 5) is 10.5. The van der Waals surface area contributed by atoms with E-state index in [0.717, 1.165) is 12.8 Å². The summed E-state index contributed by atoms with van der Waals surface area (Å²) in [5.74, 6) is -0.0625. The molecule has 1 N–H and O–H groups in total. The Balaban J connectivity index is 0. The summed E-state index contributed by atoms with van der Waals surface area (Å²) < 4.78 is 9.11. The van der Waals surface area contributed by atoms with Crippen LogP contribution in [0.1, 0.15) is 33.6 Å². The molecular weight excluding hydrogens is 196 g/mol. The van der Waals surface area contributed by atoms with E-state index in [-0.39, 0.29) is 18.0 Å². The summed E-state index contributed by atoms with van der Waals surface area (Å²) in [7, 11) is 2.99. The molecular formula is C11H24O4. The van der Waals surface area contributed by atoms with Crippen molar-refractivity contribution in [2.45, 2.75) is 39.7 Å². The van der Waals surface area contributed by atoms with Crippen LogP contribution in [0, 0.1) is 5.92 Å². The molecule has 0 aromatic heterocycles. The molecule has 0 heterocycles. The van der Waals surface area contributed by atoms with Crippen LogP contribution >= 0.6 is 0 Å². The molecule has 0 aliphatic heterocycles. The Morgan fingerprint density at radius 3 is 1.93 bits per heavy atom. The monoisotopic (exact) mass is 220 g/mol. The van der Waals surface area contributed by atoms with Gasteiger partial charge in [0.2, 0.25) is 0 Å². The summed E-state index contributed by atoms with van der Waals surface area (Å²) >= 11 is 0. The Kier molecular flexibility index (Phi) is 12.8. The average Bonchev–Trinajstić information content (AvgIpc) is 2.27. The summed E-state index contributed by atoms with van der Waals surface area (Å²) in [5, 5.41) is 8.73. The van der Waals surface area contributed by atoms with Crippen LogP contribution in [0.2, 0.25) is 0 Å². The highest BCUT2D eigenvalue weighted by atomic mass is 16.5. The van der Waals surface area contributed by atoms with Crippen molar-refractivity contribution >= 4 is 5.97 Å². The first-order chi connectivity index (χ1) is 7.03. The van der Waals surface area contributed by atoms with Crippen LogP contribution in [0.4, 0.5) is 0 Å². The number of aliphatic hydroxyl groups excluding tert-OH is 1. The van der Waals surface area contributed by atoms with Gasteiger partial charge in [-0.2, -0.15) is 0 Å². The van der Waals surface area contributed by atoms with E-state index in [9.17, 15) is 4.79 Å². The van der Waals surface area contributed by atoms with E-state index in [1.54, 1.807) is 7.11 Å². The first kappa shape index (κ1) is 16.8. The number of carbonyl (C=O) groups is 1. The molecule has 15 heavy (non-hydrogen) atoms. The molecule has 0 saturated heterocycles. The highest BCUT2D eigenvalue weighted by molar-refractivity contribution is 5.71. The van der Waals surface area contributed by atoms with E-state index in [1.165, 1.54) is 7.11 Å². The fraction of sp³-hybridized carbons (Fsp3) is 0.909. The van der Waals surface area contributed by atoms with Gasteiger partial charge in [0, 0.05) is 7.11 Å². The van der Waals surface area contributed by atoms with Gasteiger partial charge in [-0.3, -0.25) is 4.79 Å². The van der Waals surface area contributed by atoms with E-state index < -0.39 is 0 Å². The number of aliphatic hydroxyl groups is 1. The van der Waals surface area contributed by atoms with Gasteiger partial charge in [-0.25, -0.2) is 0 Å². The molecule has 0 spiro atoms. The predicted octanol–water partition coefficient (Wildman–Crippen LogP) is 1.61. The molecule has 0 aromatic carbocycles. The fourth-order valence-electron chi connectivity index (χ4n) is 0.678. The average molecular weight is 220 g/mol. The zero-order chi connectivity index (χ0) is 12.3. The number of hydrogen-bond acceptors (Lipinski definition) is 4. The SMILES string of the molecule is CCC(C)C(=O)OC.CCC(O)COC. The summed E-state index contributed by atoms with van der Waals surface area (Å²) in [5.41, 5.74) is 0. The van der Waals surface area contributed by atoms with E-state index in [4.69, 9.17) is 5.11 Å². The largest absolute Gasteiger partial charge is 0.469 e. The minimum absolute atomic E-state index is 0.0556. The molecule has 4 nitrogen and oxygen atoms in total. The van der Waals surface area contributed by atoms with Crippen LogP contribution in [0.15, 0.2) is 0 Å². The molecule has 0 rings (SSSR count). The van der Waals surface area contributed by atoms with Crippen molar-refractivity contribution in [2.75, 3.05) is 20.8 Å². The molecule has 0 aromatic rings. The topological polar surface area (TPSA) is 55.8 Å². The van der Waals surface area contributed by atoms with Crippen molar-refractivity contribution < 1.29 is 19.4 Å². The molecule has 92 valence electrons. The summed E-state index contributed by atoms with van der Waals surface area (Å²) in [6.07, 6.45) is 1.35. The van der Waals surface area contributed by atoms with Crippen LogP contribution in [0.25, 0.3) is 0 Å². The van der Waals surface area contributed by atoms with Crippen molar-refractivity contribution in [1.82, 2.24) is 0 Å².